The van der Waals surface area contributed by atoms with Gasteiger partial charge in [-0.25, -0.2) is 0 Å². The molecule has 0 saturated heterocycles. The number of halogens is 2. The van der Waals surface area contributed by atoms with Crippen molar-refractivity contribution in [1.82, 2.24) is 15.2 Å². The van der Waals surface area contributed by atoms with E-state index in [0.717, 1.165) is 36.2 Å². The van der Waals surface area contributed by atoms with Crippen LogP contribution in [0.3, 0.4) is 0 Å². The Bertz CT molecular complexity index is 610. The first-order valence-corrected chi connectivity index (χ1v) is 7.71. The standard InChI is InChI=1S/C15H20Cl2N4/c1-3-12-8-14(21(2)20-12)9-13(19-18)6-10-4-5-11(16)7-15(10)17/h4-5,7-8,13,19H,3,6,9,18H2,1-2H3. The van der Waals surface area contributed by atoms with E-state index in [0.29, 0.717) is 10.0 Å². The van der Waals surface area contributed by atoms with Gasteiger partial charge in [0, 0.05) is 35.2 Å². The Hall–Kier alpha value is -1.07. The van der Waals surface area contributed by atoms with Crippen molar-refractivity contribution in [1.29, 1.82) is 0 Å². The minimum atomic E-state index is 0.0868. The molecule has 0 aliphatic carbocycles. The smallest absolute Gasteiger partial charge is 0.0624 e. The van der Waals surface area contributed by atoms with Crippen molar-refractivity contribution in [3.63, 3.8) is 0 Å². The van der Waals surface area contributed by atoms with Crippen LogP contribution in [-0.4, -0.2) is 15.8 Å². The van der Waals surface area contributed by atoms with Crippen LogP contribution in [0.2, 0.25) is 10.0 Å². The summed E-state index contributed by atoms with van der Waals surface area (Å²) in [5, 5.41) is 5.76. The molecule has 0 fully saturated rings. The van der Waals surface area contributed by atoms with Crippen LogP contribution < -0.4 is 11.3 Å². The van der Waals surface area contributed by atoms with E-state index >= 15 is 0 Å². The van der Waals surface area contributed by atoms with Gasteiger partial charge in [-0.3, -0.25) is 16.0 Å². The first-order valence-electron chi connectivity index (χ1n) is 6.95. The molecule has 1 aromatic carbocycles. The van der Waals surface area contributed by atoms with Gasteiger partial charge in [0.05, 0.1) is 5.69 Å². The SMILES string of the molecule is CCc1cc(CC(Cc2ccc(Cl)cc2Cl)NN)n(C)n1. The van der Waals surface area contributed by atoms with Crippen molar-refractivity contribution >= 4 is 23.2 Å². The Morgan fingerprint density at radius 1 is 1.29 bits per heavy atom. The molecule has 2 aromatic rings. The van der Waals surface area contributed by atoms with Gasteiger partial charge in [0.1, 0.15) is 0 Å². The predicted molar refractivity (Wildman–Crippen MR) is 87.6 cm³/mol. The Morgan fingerprint density at radius 2 is 2.05 bits per heavy atom. The lowest BCUT2D eigenvalue weighted by atomic mass is 10.0. The summed E-state index contributed by atoms with van der Waals surface area (Å²) in [6, 6.07) is 7.74. The van der Waals surface area contributed by atoms with Gasteiger partial charge in [0.25, 0.3) is 0 Å². The quantitative estimate of drug-likeness (QED) is 0.634. The molecule has 114 valence electrons. The van der Waals surface area contributed by atoms with Crippen molar-refractivity contribution in [2.45, 2.75) is 32.2 Å². The maximum absolute atomic E-state index is 6.22. The highest BCUT2D eigenvalue weighted by atomic mass is 35.5. The zero-order chi connectivity index (χ0) is 15.4. The molecule has 0 bridgehead atoms. The average Bonchev–Trinajstić information content (AvgIpc) is 2.81. The number of hydrazine groups is 1. The molecular formula is C15H20Cl2N4. The molecule has 6 heteroatoms. The van der Waals surface area contributed by atoms with E-state index in [1.165, 1.54) is 0 Å². The van der Waals surface area contributed by atoms with E-state index in [9.17, 15) is 0 Å². The Labute approximate surface area is 135 Å². The molecule has 0 aliphatic rings. The Morgan fingerprint density at radius 3 is 2.62 bits per heavy atom. The molecule has 4 nitrogen and oxygen atoms in total. The Balaban J connectivity index is 2.10. The minimum Gasteiger partial charge on any atom is -0.272 e. The summed E-state index contributed by atoms with van der Waals surface area (Å²) >= 11 is 12.1. The van der Waals surface area contributed by atoms with Crippen LogP contribution in [0.4, 0.5) is 0 Å². The number of nitrogens with one attached hydrogen (secondary N) is 1. The molecule has 2 rings (SSSR count). The zero-order valence-electron chi connectivity index (χ0n) is 12.2. The second kappa shape index (κ2) is 7.27. The van der Waals surface area contributed by atoms with Crippen LogP contribution in [0.15, 0.2) is 24.3 Å². The zero-order valence-corrected chi connectivity index (χ0v) is 13.7. The summed E-state index contributed by atoms with van der Waals surface area (Å²) in [5.41, 5.74) is 6.14. The third-order valence-electron chi connectivity index (χ3n) is 3.56. The molecule has 1 unspecified atom stereocenters. The van der Waals surface area contributed by atoms with Crippen LogP contribution in [0.1, 0.15) is 23.9 Å². The van der Waals surface area contributed by atoms with Gasteiger partial charge in [-0.1, -0.05) is 36.2 Å². The highest BCUT2D eigenvalue weighted by Gasteiger charge is 2.14. The summed E-state index contributed by atoms with van der Waals surface area (Å²) in [5.74, 6) is 5.69. The number of aryl methyl sites for hydroxylation is 2. The fourth-order valence-corrected chi connectivity index (χ4v) is 2.82. The largest absolute Gasteiger partial charge is 0.272 e. The maximum Gasteiger partial charge on any atom is 0.0624 e. The normalized spacial score (nSPS) is 12.6. The second-order valence-electron chi connectivity index (χ2n) is 5.11. The van der Waals surface area contributed by atoms with Gasteiger partial charge < -0.3 is 0 Å². The number of rotatable bonds is 6. The number of nitrogens with zero attached hydrogens (tertiary/aromatic N) is 2. The molecule has 0 saturated carbocycles. The van der Waals surface area contributed by atoms with E-state index in [2.05, 4.69) is 23.5 Å². The van der Waals surface area contributed by atoms with Crippen molar-refractivity contribution < 1.29 is 0 Å². The molecule has 3 N–H and O–H groups in total. The number of hydrogen-bond acceptors (Lipinski definition) is 3. The molecule has 0 amide bonds. The first kappa shape index (κ1) is 16.3. The Kier molecular flexibility index (Phi) is 5.65. The van der Waals surface area contributed by atoms with Crippen molar-refractivity contribution in [3.05, 3.63) is 51.3 Å². The number of aromatic nitrogens is 2. The van der Waals surface area contributed by atoms with Crippen LogP contribution >= 0.6 is 23.2 Å². The van der Waals surface area contributed by atoms with E-state index < -0.39 is 0 Å². The third kappa shape index (κ3) is 4.20. The molecular weight excluding hydrogens is 307 g/mol. The summed E-state index contributed by atoms with van der Waals surface area (Å²) in [7, 11) is 1.96. The van der Waals surface area contributed by atoms with E-state index in [4.69, 9.17) is 29.0 Å². The number of hydrogen-bond donors (Lipinski definition) is 2. The van der Waals surface area contributed by atoms with Crippen molar-refractivity contribution in [2.75, 3.05) is 0 Å². The van der Waals surface area contributed by atoms with Crippen molar-refractivity contribution in [2.24, 2.45) is 12.9 Å². The molecule has 0 radical (unpaired) electrons. The lowest BCUT2D eigenvalue weighted by Gasteiger charge is -2.17. The lowest BCUT2D eigenvalue weighted by molar-refractivity contribution is 0.505. The van der Waals surface area contributed by atoms with Gasteiger partial charge in [0.15, 0.2) is 0 Å². The van der Waals surface area contributed by atoms with E-state index in [1.807, 2.05) is 23.9 Å². The summed E-state index contributed by atoms with van der Waals surface area (Å²) in [6.45, 7) is 2.10. The van der Waals surface area contributed by atoms with Crippen LogP contribution in [0, 0.1) is 0 Å². The molecule has 1 atom stereocenters. The molecule has 1 heterocycles. The van der Waals surface area contributed by atoms with Gasteiger partial charge >= 0.3 is 0 Å². The van der Waals surface area contributed by atoms with Crippen molar-refractivity contribution in [3.8, 4) is 0 Å². The van der Waals surface area contributed by atoms with Crippen LogP contribution in [0.5, 0.6) is 0 Å². The number of benzene rings is 1. The summed E-state index contributed by atoms with van der Waals surface area (Å²) < 4.78 is 1.91. The fourth-order valence-electron chi connectivity index (χ4n) is 2.33. The average molecular weight is 327 g/mol. The highest BCUT2D eigenvalue weighted by molar-refractivity contribution is 6.35. The first-order chi connectivity index (χ1) is 10.0. The van der Waals surface area contributed by atoms with Gasteiger partial charge in [0.2, 0.25) is 0 Å². The highest BCUT2D eigenvalue weighted by Crippen LogP contribution is 2.22. The summed E-state index contributed by atoms with van der Waals surface area (Å²) in [4.78, 5) is 0. The molecule has 1 aromatic heterocycles. The summed E-state index contributed by atoms with van der Waals surface area (Å²) in [6.07, 6.45) is 2.45. The molecule has 0 spiro atoms. The van der Waals surface area contributed by atoms with Gasteiger partial charge in [-0.05, 0) is 36.6 Å². The van der Waals surface area contributed by atoms with E-state index in [-0.39, 0.29) is 6.04 Å². The topological polar surface area (TPSA) is 55.9 Å². The minimum absolute atomic E-state index is 0.0868. The maximum atomic E-state index is 6.22. The van der Waals surface area contributed by atoms with Crippen LogP contribution in [-0.2, 0) is 26.3 Å². The van der Waals surface area contributed by atoms with Gasteiger partial charge in [-0.15, -0.1) is 0 Å². The second-order valence-corrected chi connectivity index (χ2v) is 5.96. The molecule has 0 aliphatic heterocycles. The van der Waals surface area contributed by atoms with Crippen LogP contribution in [0.25, 0.3) is 0 Å². The van der Waals surface area contributed by atoms with Gasteiger partial charge in [-0.2, -0.15) is 5.10 Å². The fraction of sp³-hybridized carbons (Fsp3) is 0.400. The van der Waals surface area contributed by atoms with E-state index in [1.54, 1.807) is 6.07 Å². The molecule has 21 heavy (non-hydrogen) atoms. The monoisotopic (exact) mass is 326 g/mol. The third-order valence-corrected chi connectivity index (χ3v) is 4.15. The lowest BCUT2D eigenvalue weighted by Crippen LogP contribution is -2.39. The predicted octanol–water partition coefficient (Wildman–Crippen LogP) is 2.91. The number of nitrogens with two attached hydrogens (primary N) is 1.